The van der Waals surface area contributed by atoms with Crippen molar-refractivity contribution in [3.05, 3.63) is 54.1 Å². The number of pyridine rings is 1. The fourth-order valence-corrected chi connectivity index (χ4v) is 2.19. The molecular formula is C15H21N3. The first-order valence-electron chi connectivity index (χ1n) is 6.62. The highest BCUT2D eigenvalue weighted by Crippen LogP contribution is 2.17. The SMILES string of the molecule is CCNC(CC)c1ccn(Cc2ccccn2)c1. The van der Waals surface area contributed by atoms with E-state index in [4.69, 9.17) is 0 Å². The molecule has 2 aromatic heterocycles. The molecule has 0 aliphatic rings. The first kappa shape index (κ1) is 12.8. The van der Waals surface area contributed by atoms with Gasteiger partial charge in [-0.2, -0.15) is 0 Å². The summed E-state index contributed by atoms with van der Waals surface area (Å²) < 4.78 is 2.19. The van der Waals surface area contributed by atoms with Crippen molar-refractivity contribution in [3.63, 3.8) is 0 Å². The van der Waals surface area contributed by atoms with Gasteiger partial charge in [-0.3, -0.25) is 4.98 Å². The van der Waals surface area contributed by atoms with E-state index in [-0.39, 0.29) is 0 Å². The molecule has 3 heteroatoms. The molecule has 18 heavy (non-hydrogen) atoms. The second kappa shape index (κ2) is 6.36. The third kappa shape index (κ3) is 3.20. The van der Waals surface area contributed by atoms with Crippen LogP contribution in [-0.2, 0) is 6.54 Å². The van der Waals surface area contributed by atoms with Crippen LogP contribution in [0.15, 0.2) is 42.9 Å². The quantitative estimate of drug-likeness (QED) is 0.845. The number of hydrogen-bond acceptors (Lipinski definition) is 2. The Morgan fingerprint density at radius 2 is 2.17 bits per heavy atom. The summed E-state index contributed by atoms with van der Waals surface area (Å²) in [6.45, 7) is 6.20. The molecule has 0 saturated heterocycles. The molecule has 0 aliphatic heterocycles. The Bertz CT molecular complexity index is 462. The summed E-state index contributed by atoms with van der Waals surface area (Å²) in [5, 5.41) is 3.50. The molecule has 0 amide bonds. The average Bonchev–Trinajstić information content (AvgIpc) is 2.85. The zero-order valence-corrected chi connectivity index (χ0v) is 11.1. The zero-order chi connectivity index (χ0) is 12.8. The maximum absolute atomic E-state index is 4.35. The molecule has 1 N–H and O–H groups in total. The van der Waals surface area contributed by atoms with E-state index in [2.05, 4.69) is 53.2 Å². The normalized spacial score (nSPS) is 12.6. The molecule has 0 spiro atoms. The van der Waals surface area contributed by atoms with Gasteiger partial charge in [0.2, 0.25) is 0 Å². The topological polar surface area (TPSA) is 29.9 Å². The first-order valence-corrected chi connectivity index (χ1v) is 6.62. The van der Waals surface area contributed by atoms with Gasteiger partial charge >= 0.3 is 0 Å². The molecule has 0 bridgehead atoms. The zero-order valence-electron chi connectivity index (χ0n) is 11.1. The van der Waals surface area contributed by atoms with E-state index in [1.54, 1.807) is 0 Å². The maximum atomic E-state index is 4.35. The van der Waals surface area contributed by atoms with Crippen molar-refractivity contribution in [2.45, 2.75) is 32.9 Å². The Kier molecular flexibility index (Phi) is 4.53. The fourth-order valence-electron chi connectivity index (χ4n) is 2.19. The number of nitrogens with one attached hydrogen (secondary N) is 1. The lowest BCUT2D eigenvalue weighted by Gasteiger charge is -2.13. The summed E-state index contributed by atoms with van der Waals surface area (Å²) in [4.78, 5) is 4.35. The van der Waals surface area contributed by atoms with Gasteiger partial charge in [-0.15, -0.1) is 0 Å². The van der Waals surface area contributed by atoms with Crippen molar-refractivity contribution in [1.29, 1.82) is 0 Å². The summed E-state index contributed by atoms with van der Waals surface area (Å²) in [5.41, 5.74) is 2.45. The Hall–Kier alpha value is -1.61. The minimum atomic E-state index is 0.458. The summed E-state index contributed by atoms with van der Waals surface area (Å²) in [5.74, 6) is 0. The van der Waals surface area contributed by atoms with E-state index in [0.717, 1.165) is 25.2 Å². The van der Waals surface area contributed by atoms with Gasteiger partial charge < -0.3 is 9.88 Å². The number of hydrogen-bond donors (Lipinski definition) is 1. The number of rotatable bonds is 6. The molecule has 0 saturated carbocycles. The Labute approximate surface area is 109 Å². The summed E-state index contributed by atoms with van der Waals surface area (Å²) in [6, 6.07) is 8.68. The monoisotopic (exact) mass is 243 g/mol. The molecule has 2 rings (SSSR count). The fraction of sp³-hybridized carbons (Fsp3) is 0.400. The molecule has 1 unspecified atom stereocenters. The van der Waals surface area contributed by atoms with Crippen LogP contribution in [0.1, 0.15) is 37.6 Å². The van der Waals surface area contributed by atoms with E-state index < -0.39 is 0 Å². The van der Waals surface area contributed by atoms with Crippen LogP contribution in [0, 0.1) is 0 Å². The highest BCUT2D eigenvalue weighted by atomic mass is 15.0. The van der Waals surface area contributed by atoms with Crippen molar-refractivity contribution in [2.24, 2.45) is 0 Å². The highest BCUT2D eigenvalue weighted by Gasteiger charge is 2.09. The standard InChI is InChI=1S/C15H21N3/c1-3-15(16-4-2)13-8-10-18(11-13)12-14-7-5-6-9-17-14/h5-11,15-16H,3-4,12H2,1-2H3. The van der Waals surface area contributed by atoms with Gasteiger partial charge in [0, 0.05) is 24.6 Å². The summed E-state index contributed by atoms with van der Waals surface area (Å²) in [6.07, 6.45) is 7.30. The van der Waals surface area contributed by atoms with Crippen molar-refractivity contribution < 1.29 is 0 Å². The van der Waals surface area contributed by atoms with Gasteiger partial charge in [-0.25, -0.2) is 0 Å². The van der Waals surface area contributed by atoms with Crippen LogP contribution in [0.2, 0.25) is 0 Å². The predicted molar refractivity (Wildman–Crippen MR) is 74.5 cm³/mol. The van der Waals surface area contributed by atoms with E-state index in [1.807, 2.05) is 18.3 Å². The van der Waals surface area contributed by atoms with Crippen molar-refractivity contribution >= 4 is 0 Å². The molecule has 0 aromatic carbocycles. The lowest BCUT2D eigenvalue weighted by atomic mass is 10.1. The number of aromatic nitrogens is 2. The number of nitrogens with zero attached hydrogens (tertiary/aromatic N) is 2. The van der Waals surface area contributed by atoms with Crippen molar-refractivity contribution in [3.8, 4) is 0 Å². The van der Waals surface area contributed by atoms with Crippen molar-refractivity contribution in [2.75, 3.05) is 6.54 Å². The van der Waals surface area contributed by atoms with Crippen LogP contribution in [0.5, 0.6) is 0 Å². The molecule has 0 radical (unpaired) electrons. The second-order valence-corrected chi connectivity index (χ2v) is 4.46. The molecule has 0 fully saturated rings. The average molecular weight is 243 g/mol. The molecule has 0 aliphatic carbocycles. The Balaban J connectivity index is 2.06. The lowest BCUT2D eigenvalue weighted by Crippen LogP contribution is -2.19. The Morgan fingerprint density at radius 1 is 1.28 bits per heavy atom. The van der Waals surface area contributed by atoms with Gasteiger partial charge in [-0.1, -0.05) is 19.9 Å². The van der Waals surface area contributed by atoms with Crippen LogP contribution >= 0.6 is 0 Å². The van der Waals surface area contributed by atoms with Crippen LogP contribution in [0.4, 0.5) is 0 Å². The van der Waals surface area contributed by atoms with Gasteiger partial charge in [0.15, 0.2) is 0 Å². The van der Waals surface area contributed by atoms with E-state index in [9.17, 15) is 0 Å². The smallest absolute Gasteiger partial charge is 0.0642 e. The minimum absolute atomic E-state index is 0.458. The molecule has 3 nitrogen and oxygen atoms in total. The third-order valence-corrected chi connectivity index (χ3v) is 3.11. The van der Waals surface area contributed by atoms with Crippen LogP contribution in [0.3, 0.4) is 0 Å². The largest absolute Gasteiger partial charge is 0.348 e. The third-order valence-electron chi connectivity index (χ3n) is 3.11. The van der Waals surface area contributed by atoms with Gasteiger partial charge in [-0.05, 0) is 36.7 Å². The van der Waals surface area contributed by atoms with E-state index in [0.29, 0.717) is 6.04 Å². The molecule has 96 valence electrons. The van der Waals surface area contributed by atoms with E-state index >= 15 is 0 Å². The lowest BCUT2D eigenvalue weighted by molar-refractivity contribution is 0.536. The van der Waals surface area contributed by atoms with Gasteiger partial charge in [0.1, 0.15) is 0 Å². The molecule has 2 aromatic rings. The minimum Gasteiger partial charge on any atom is -0.348 e. The van der Waals surface area contributed by atoms with Crippen LogP contribution in [-0.4, -0.2) is 16.1 Å². The van der Waals surface area contributed by atoms with Crippen LogP contribution < -0.4 is 5.32 Å². The maximum Gasteiger partial charge on any atom is 0.0642 e. The highest BCUT2D eigenvalue weighted by molar-refractivity contribution is 5.16. The van der Waals surface area contributed by atoms with E-state index in [1.165, 1.54) is 5.56 Å². The predicted octanol–water partition coefficient (Wildman–Crippen LogP) is 2.99. The summed E-state index contributed by atoms with van der Waals surface area (Å²) in [7, 11) is 0. The van der Waals surface area contributed by atoms with Crippen LogP contribution in [0.25, 0.3) is 0 Å². The van der Waals surface area contributed by atoms with Gasteiger partial charge in [0.05, 0.1) is 12.2 Å². The first-order chi connectivity index (χ1) is 8.83. The Morgan fingerprint density at radius 3 is 2.83 bits per heavy atom. The molecular weight excluding hydrogens is 222 g/mol. The van der Waals surface area contributed by atoms with Crippen molar-refractivity contribution in [1.82, 2.24) is 14.9 Å². The molecule has 2 heterocycles. The summed E-state index contributed by atoms with van der Waals surface area (Å²) >= 11 is 0. The molecule has 1 atom stereocenters. The second-order valence-electron chi connectivity index (χ2n) is 4.46. The van der Waals surface area contributed by atoms with Gasteiger partial charge in [0.25, 0.3) is 0 Å².